The Morgan fingerprint density at radius 3 is 2.85 bits per heavy atom. The summed E-state index contributed by atoms with van der Waals surface area (Å²) in [6.45, 7) is 2.79. The molecule has 2 amide bonds. The van der Waals surface area contributed by atoms with Crippen LogP contribution < -0.4 is 20.1 Å². The third-order valence-corrected chi connectivity index (χ3v) is 5.93. The number of nitrogens with zero attached hydrogens (tertiary/aromatic N) is 2. The zero-order chi connectivity index (χ0) is 22.6. The first-order chi connectivity index (χ1) is 16.2. The van der Waals surface area contributed by atoms with Crippen molar-refractivity contribution in [3.8, 4) is 11.5 Å². The number of benzene rings is 2. The fourth-order valence-electron chi connectivity index (χ4n) is 4.20. The van der Waals surface area contributed by atoms with Crippen LogP contribution in [0.1, 0.15) is 35.2 Å². The van der Waals surface area contributed by atoms with E-state index in [0.717, 1.165) is 47.4 Å². The highest BCUT2D eigenvalue weighted by Gasteiger charge is 2.19. The number of ether oxygens (including phenoxy) is 2. The van der Waals surface area contributed by atoms with E-state index in [-0.39, 0.29) is 18.6 Å². The lowest BCUT2D eigenvalue weighted by Gasteiger charge is -2.16. The van der Waals surface area contributed by atoms with Gasteiger partial charge in [0.25, 0.3) is 5.91 Å². The molecule has 1 saturated heterocycles. The summed E-state index contributed by atoms with van der Waals surface area (Å²) in [5, 5.41) is 7.12. The van der Waals surface area contributed by atoms with Crippen LogP contribution in [0.2, 0.25) is 0 Å². The Kier molecular flexibility index (Phi) is 5.97. The summed E-state index contributed by atoms with van der Waals surface area (Å²) in [6.07, 6.45) is 2.29. The number of nitrogens with one attached hydrogen (secondary N) is 2. The van der Waals surface area contributed by atoms with Crippen LogP contribution in [0.15, 0.2) is 48.5 Å². The van der Waals surface area contributed by atoms with E-state index >= 15 is 0 Å². The van der Waals surface area contributed by atoms with Gasteiger partial charge in [0.1, 0.15) is 5.82 Å². The van der Waals surface area contributed by atoms with Crippen LogP contribution >= 0.6 is 0 Å². The average molecular weight is 447 g/mol. The molecule has 5 rings (SSSR count). The fraction of sp³-hybridized carbons (Fsp3) is 0.320. The molecule has 0 saturated carbocycles. The summed E-state index contributed by atoms with van der Waals surface area (Å²) >= 11 is 0. The van der Waals surface area contributed by atoms with E-state index in [1.807, 2.05) is 47.4 Å². The van der Waals surface area contributed by atoms with Crippen molar-refractivity contribution in [2.75, 3.05) is 31.7 Å². The van der Waals surface area contributed by atoms with E-state index < -0.39 is 0 Å². The Morgan fingerprint density at radius 2 is 1.97 bits per heavy atom. The lowest BCUT2D eigenvalue weighted by Crippen LogP contribution is -2.30. The maximum absolute atomic E-state index is 13.0. The third kappa shape index (κ3) is 4.69. The lowest BCUT2D eigenvalue weighted by atomic mass is 10.1. The molecule has 0 spiro atoms. The van der Waals surface area contributed by atoms with Crippen molar-refractivity contribution in [3.05, 3.63) is 59.7 Å². The van der Waals surface area contributed by atoms with E-state index in [1.165, 1.54) is 0 Å². The Morgan fingerprint density at radius 1 is 1.09 bits per heavy atom. The van der Waals surface area contributed by atoms with Gasteiger partial charge in [0.15, 0.2) is 11.5 Å². The van der Waals surface area contributed by atoms with Crippen molar-refractivity contribution >= 4 is 28.5 Å². The van der Waals surface area contributed by atoms with Gasteiger partial charge in [-0.2, -0.15) is 0 Å². The van der Waals surface area contributed by atoms with Crippen LogP contribution in [0.5, 0.6) is 11.5 Å². The zero-order valence-electron chi connectivity index (χ0n) is 18.3. The maximum atomic E-state index is 13.0. The lowest BCUT2D eigenvalue weighted by molar-refractivity contribution is -0.127. The quantitative estimate of drug-likeness (QED) is 0.516. The van der Waals surface area contributed by atoms with Gasteiger partial charge in [-0.1, -0.05) is 24.3 Å². The van der Waals surface area contributed by atoms with Gasteiger partial charge < -0.3 is 25.0 Å². The second kappa shape index (κ2) is 9.36. The molecular weight excluding hydrogens is 420 g/mol. The van der Waals surface area contributed by atoms with E-state index in [4.69, 9.17) is 9.47 Å². The van der Waals surface area contributed by atoms with Crippen LogP contribution in [0, 0.1) is 0 Å². The van der Waals surface area contributed by atoms with E-state index in [9.17, 15) is 9.59 Å². The highest BCUT2D eigenvalue weighted by molar-refractivity contribution is 6.07. The summed E-state index contributed by atoms with van der Waals surface area (Å²) in [5.41, 5.74) is 2.35. The van der Waals surface area contributed by atoms with Gasteiger partial charge in [-0.05, 0) is 42.7 Å². The third-order valence-electron chi connectivity index (χ3n) is 5.93. The predicted molar refractivity (Wildman–Crippen MR) is 124 cm³/mol. The number of carbonyl (C=O) groups excluding carboxylic acids is 2. The van der Waals surface area contributed by atoms with Crippen LogP contribution in [-0.2, 0) is 11.3 Å². The Bertz CT molecular complexity index is 1200. The number of amides is 2. The summed E-state index contributed by atoms with van der Waals surface area (Å²) in [4.78, 5) is 31.3. The normalized spacial score (nSPS) is 14.7. The minimum absolute atomic E-state index is 0.146. The molecule has 0 bridgehead atoms. The van der Waals surface area contributed by atoms with Gasteiger partial charge in [0.2, 0.25) is 12.7 Å². The first-order valence-electron chi connectivity index (χ1n) is 11.3. The monoisotopic (exact) mass is 446 g/mol. The molecule has 2 aliphatic rings. The molecule has 1 fully saturated rings. The molecule has 0 aliphatic carbocycles. The molecule has 2 aliphatic heterocycles. The number of fused-ring (bicyclic) bond motifs is 2. The van der Waals surface area contributed by atoms with Gasteiger partial charge in [0, 0.05) is 38.0 Å². The minimum Gasteiger partial charge on any atom is -0.454 e. The van der Waals surface area contributed by atoms with Gasteiger partial charge in [0.05, 0.1) is 11.1 Å². The van der Waals surface area contributed by atoms with Crippen molar-refractivity contribution in [3.63, 3.8) is 0 Å². The number of pyridine rings is 1. The van der Waals surface area contributed by atoms with Crippen molar-refractivity contribution in [1.82, 2.24) is 15.2 Å². The number of anilines is 1. The van der Waals surface area contributed by atoms with Gasteiger partial charge in [-0.15, -0.1) is 0 Å². The fourth-order valence-corrected chi connectivity index (χ4v) is 4.20. The van der Waals surface area contributed by atoms with Crippen molar-refractivity contribution in [2.24, 2.45) is 0 Å². The molecule has 2 N–H and O–H groups in total. The second-order valence-corrected chi connectivity index (χ2v) is 8.21. The smallest absolute Gasteiger partial charge is 0.252 e. The largest absolute Gasteiger partial charge is 0.454 e. The van der Waals surface area contributed by atoms with Gasteiger partial charge in [-0.25, -0.2) is 4.98 Å². The SMILES string of the molecule is O=C(NCCCN1CCCC1=O)c1cc(NCc2ccc3c(c2)OCO3)nc2ccccc12. The van der Waals surface area contributed by atoms with Crippen molar-refractivity contribution in [1.29, 1.82) is 0 Å². The number of likely N-dealkylation sites (tertiary alicyclic amines) is 1. The molecule has 0 atom stereocenters. The number of aromatic nitrogens is 1. The average Bonchev–Trinajstić information content (AvgIpc) is 3.48. The Balaban J connectivity index is 1.26. The second-order valence-electron chi connectivity index (χ2n) is 8.21. The highest BCUT2D eigenvalue weighted by Crippen LogP contribution is 2.32. The molecule has 0 radical (unpaired) electrons. The first kappa shape index (κ1) is 21.1. The maximum Gasteiger partial charge on any atom is 0.252 e. The molecule has 1 aromatic heterocycles. The molecule has 8 heteroatoms. The number of rotatable bonds is 8. The number of para-hydroxylation sites is 1. The predicted octanol–water partition coefficient (Wildman–Crippen LogP) is 3.32. The van der Waals surface area contributed by atoms with Crippen LogP contribution in [0.25, 0.3) is 10.9 Å². The van der Waals surface area contributed by atoms with Gasteiger partial charge in [-0.3, -0.25) is 9.59 Å². The summed E-state index contributed by atoms with van der Waals surface area (Å²) in [7, 11) is 0. The molecule has 3 heterocycles. The Hall–Kier alpha value is -3.81. The molecule has 8 nitrogen and oxygen atoms in total. The summed E-state index contributed by atoms with van der Waals surface area (Å²) in [6, 6.07) is 15.2. The van der Waals surface area contributed by atoms with Crippen molar-refractivity contribution < 1.29 is 19.1 Å². The van der Waals surface area contributed by atoms with E-state index in [2.05, 4.69) is 15.6 Å². The van der Waals surface area contributed by atoms with E-state index in [1.54, 1.807) is 6.07 Å². The molecule has 33 heavy (non-hydrogen) atoms. The summed E-state index contributed by atoms with van der Waals surface area (Å²) in [5.74, 6) is 2.17. The summed E-state index contributed by atoms with van der Waals surface area (Å²) < 4.78 is 10.8. The molecule has 170 valence electrons. The standard InChI is InChI=1S/C25H26N4O4/c30-24-7-3-11-29(24)12-4-10-26-25(31)19-14-23(28-20-6-2-1-5-18(19)20)27-15-17-8-9-21-22(13-17)33-16-32-21/h1-2,5-6,8-9,13-14H,3-4,7,10-12,15-16H2,(H,26,31)(H,27,28). The zero-order valence-corrected chi connectivity index (χ0v) is 18.3. The van der Waals surface area contributed by atoms with Crippen molar-refractivity contribution in [2.45, 2.75) is 25.8 Å². The molecular formula is C25H26N4O4. The highest BCUT2D eigenvalue weighted by atomic mass is 16.7. The van der Waals surface area contributed by atoms with Crippen LogP contribution in [-0.4, -0.2) is 48.1 Å². The molecule has 0 unspecified atom stereocenters. The van der Waals surface area contributed by atoms with Crippen LogP contribution in [0.3, 0.4) is 0 Å². The molecule has 3 aromatic rings. The number of hydrogen-bond acceptors (Lipinski definition) is 6. The molecule has 2 aromatic carbocycles. The topological polar surface area (TPSA) is 92.8 Å². The number of carbonyl (C=O) groups is 2. The number of hydrogen-bond donors (Lipinski definition) is 2. The van der Waals surface area contributed by atoms with E-state index in [0.29, 0.717) is 37.4 Å². The minimum atomic E-state index is -0.146. The van der Waals surface area contributed by atoms with Gasteiger partial charge >= 0.3 is 0 Å². The van der Waals surface area contributed by atoms with Crippen LogP contribution in [0.4, 0.5) is 5.82 Å². The Labute approximate surface area is 191 Å². The first-order valence-corrected chi connectivity index (χ1v) is 11.3.